The van der Waals surface area contributed by atoms with Crippen LogP contribution in [0.1, 0.15) is 27.0 Å². The summed E-state index contributed by atoms with van der Waals surface area (Å²) < 4.78 is 0. The minimum atomic E-state index is -0.527. The summed E-state index contributed by atoms with van der Waals surface area (Å²) in [7, 11) is 0. The van der Waals surface area contributed by atoms with Crippen molar-refractivity contribution in [3.8, 4) is 11.1 Å². The SMILES string of the molecule is Cc1cc2c(cc1[N+](=O)[O-])-c1cc([N+](=O)[O-])c(C)cc1C2=O. The highest BCUT2D eigenvalue weighted by Crippen LogP contribution is 2.42. The van der Waals surface area contributed by atoms with Gasteiger partial charge in [0, 0.05) is 45.5 Å². The van der Waals surface area contributed by atoms with E-state index in [-0.39, 0.29) is 17.2 Å². The zero-order valence-electron chi connectivity index (χ0n) is 11.7. The first-order valence-electron chi connectivity index (χ1n) is 6.44. The van der Waals surface area contributed by atoms with Crippen LogP contribution in [0.2, 0.25) is 0 Å². The van der Waals surface area contributed by atoms with Gasteiger partial charge < -0.3 is 0 Å². The Bertz CT molecular complexity index is 814. The van der Waals surface area contributed by atoms with Crippen molar-refractivity contribution < 1.29 is 14.6 Å². The Labute approximate surface area is 124 Å². The highest BCUT2D eigenvalue weighted by Gasteiger charge is 2.32. The van der Waals surface area contributed by atoms with Gasteiger partial charge >= 0.3 is 0 Å². The predicted octanol–water partition coefficient (Wildman–Crippen LogP) is 3.33. The summed E-state index contributed by atoms with van der Waals surface area (Å²) in [4.78, 5) is 33.5. The lowest BCUT2D eigenvalue weighted by atomic mass is 10.0. The second-order valence-corrected chi connectivity index (χ2v) is 5.21. The second-order valence-electron chi connectivity index (χ2n) is 5.21. The summed E-state index contributed by atoms with van der Waals surface area (Å²) in [5.41, 5.74) is 1.99. The number of carbonyl (C=O) groups excluding carboxylic acids is 1. The van der Waals surface area contributed by atoms with Crippen molar-refractivity contribution in [2.24, 2.45) is 0 Å². The third-order valence-electron chi connectivity index (χ3n) is 3.85. The van der Waals surface area contributed by atoms with E-state index in [0.717, 1.165) is 0 Å². The Morgan fingerprint density at radius 2 is 1.09 bits per heavy atom. The van der Waals surface area contributed by atoms with Gasteiger partial charge in [-0.3, -0.25) is 25.0 Å². The van der Waals surface area contributed by atoms with Crippen molar-refractivity contribution in [2.75, 3.05) is 0 Å². The van der Waals surface area contributed by atoms with Crippen LogP contribution in [0.5, 0.6) is 0 Å². The van der Waals surface area contributed by atoms with Gasteiger partial charge in [-0.2, -0.15) is 0 Å². The summed E-state index contributed by atoms with van der Waals surface area (Å²) in [5.74, 6) is -0.263. The van der Waals surface area contributed by atoms with Crippen LogP contribution in [0.25, 0.3) is 11.1 Å². The molecule has 0 N–H and O–H groups in total. The molecule has 0 bridgehead atoms. The normalized spacial score (nSPS) is 12.0. The van der Waals surface area contributed by atoms with Gasteiger partial charge in [0.2, 0.25) is 0 Å². The van der Waals surface area contributed by atoms with E-state index in [1.807, 2.05) is 0 Å². The molecule has 1 aliphatic carbocycles. The highest BCUT2D eigenvalue weighted by molar-refractivity contribution is 6.22. The molecule has 7 heteroatoms. The van der Waals surface area contributed by atoms with Crippen LogP contribution in [0.4, 0.5) is 11.4 Å². The van der Waals surface area contributed by atoms with E-state index >= 15 is 0 Å². The molecule has 22 heavy (non-hydrogen) atoms. The number of hydrogen-bond acceptors (Lipinski definition) is 5. The molecule has 0 fully saturated rings. The van der Waals surface area contributed by atoms with E-state index in [1.54, 1.807) is 13.8 Å². The molecule has 0 unspecified atom stereocenters. The van der Waals surface area contributed by atoms with Gasteiger partial charge in [-0.15, -0.1) is 0 Å². The largest absolute Gasteiger partial charge is 0.289 e. The van der Waals surface area contributed by atoms with Gasteiger partial charge in [-0.1, -0.05) is 0 Å². The predicted molar refractivity (Wildman–Crippen MR) is 78.1 cm³/mol. The van der Waals surface area contributed by atoms with Crippen LogP contribution in [-0.2, 0) is 0 Å². The van der Waals surface area contributed by atoms with Crippen LogP contribution in [0, 0.1) is 34.1 Å². The van der Waals surface area contributed by atoms with Crippen molar-refractivity contribution in [2.45, 2.75) is 13.8 Å². The number of aryl methyl sites for hydroxylation is 2. The van der Waals surface area contributed by atoms with E-state index < -0.39 is 9.85 Å². The smallest absolute Gasteiger partial charge is 0.272 e. The number of ketones is 1. The van der Waals surface area contributed by atoms with E-state index in [2.05, 4.69) is 0 Å². The van der Waals surface area contributed by atoms with Gasteiger partial charge in [-0.25, -0.2) is 0 Å². The molecule has 7 nitrogen and oxygen atoms in total. The number of nitro groups is 2. The number of benzene rings is 2. The third kappa shape index (κ3) is 1.79. The lowest BCUT2D eigenvalue weighted by molar-refractivity contribution is -0.385. The van der Waals surface area contributed by atoms with Crippen LogP contribution in [0.15, 0.2) is 24.3 Å². The summed E-state index contributed by atoms with van der Waals surface area (Å²) in [5, 5.41) is 22.1. The van der Waals surface area contributed by atoms with Crippen LogP contribution < -0.4 is 0 Å². The van der Waals surface area contributed by atoms with Gasteiger partial charge in [-0.05, 0) is 26.0 Å². The van der Waals surface area contributed by atoms with Crippen LogP contribution in [0.3, 0.4) is 0 Å². The number of nitro benzene ring substituents is 2. The second kappa shape index (κ2) is 4.45. The molecule has 0 saturated carbocycles. The molecular weight excluding hydrogens is 288 g/mol. The van der Waals surface area contributed by atoms with Gasteiger partial charge in [0.15, 0.2) is 5.78 Å². The first-order chi connectivity index (χ1) is 10.3. The standard InChI is InChI=1S/C15H10N2O5/c1-7-3-11-9(5-13(7)16(19)20)10-6-14(17(21)22)8(2)4-12(10)15(11)18/h3-6H,1-2H3. The van der Waals surface area contributed by atoms with E-state index in [9.17, 15) is 25.0 Å². The average molecular weight is 298 g/mol. The van der Waals surface area contributed by atoms with Gasteiger partial charge in [0.05, 0.1) is 9.85 Å². The molecule has 1 aliphatic rings. The zero-order chi connectivity index (χ0) is 16.2. The topological polar surface area (TPSA) is 103 Å². The Kier molecular flexibility index (Phi) is 2.81. The quantitative estimate of drug-likeness (QED) is 0.533. The number of fused-ring (bicyclic) bond motifs is 3. The van der Waals surface area contributed by atoms with Crippen LogP contribution >= 0.6 is 0 Å². The lowest BCUT2D eigenvalue weighted by Crippen LogP contribution is -1.99. The molecule has 0 heterocycles. The van der Waals surface area contributed by atoms with Gasteiger partial charge in [0.25, 0.3) is 11.4 Å². The van der Waals surface area contributed by atoms with Crippen molar-refractivity contribution in [1.29, 1.82) is 0 Å². The molecule has 0 amide bonds. The maximum atomic E-state index is 12.4. The average Bonchev–Trinajstić information content (AvgIpc) is 2.69. The fourth-order valence-corrected chi connectivity index (χ4v) is 2.75. The molecule has 0 saturated heterocycles. The maximum Gasteiger partial charge on any atom is 0.272 e. The number of carbonyl (C=O) groups is 1. The van der Waals surface area contributed by atoms with Crippen molar-refractivity contribution >= 4 is 17.2 Å². The lowest BCUT2D eigenvalue weighted by Gasteiger charge is -2.03. The van der Waals surface area contributed by atoms with E-state index in [4.69, 9.17) is 0 Å². The fourth-order valence-electron chi connectivity index (χ4n) is 2.75. The Hall–Kier alpha value is -3.09. The number of nitrogens with zero attached hydrogens (tertiary/aromatic N) is 2. The Morgan fingerprint density at radius 1 is 0.727 bits per heavy atom. The first-order valence-corrected chi connectivity index (χ1v) is 6.44. The minimum absolute atomic E-state index is 0.109. The summed E-state index contributed by atoms with van der Waals surface area (Å²) in [6, 6.07) is 5.56. The molecule has 3 rings (SSSR count). The third-order valence-corrected chi connectivity index (χ3v) is 3.85. The number of hydrogen-bond donors (Lipinski definition) is 0. The molecule has 0 aromatic heterocycles. The highest BCUT2D eigenvalue weighted by atomic mass is 16.6. The zero-order valence-corrected chi connectivity index (χ0v) is 11.7. The summed E-state index contributed by atoms with van der Waals surface area (Å²) >= 11 is 0. The maximum absolute atomic E-state index is 12.4. The minimum Gasteiger partial charge on any atom is -0.289 e. The summed E-state index contributed by atoms with van der Waals surface area (Å²) in [6.07, 6.45) is 0. The number of rotatable bonds is 2. The molecule has 2 aromatic carbocycles. The monoisotopic (exact) mass is 298 g/mol. The molecule has 0 radical (unpaired) electrons. The van der Waals surface area contributed by atoms with E-state index in [0.29, 0.717) is 33.4 Å². The molecule has 2 aromatic rings. The van der Waals surface area contributed by atoms with Gasteiger partial charge in [0.1, 0.15) is 0 Å². The molecule has 0 spiro atoms. The van der Waals surface area contributed by atoms with Crippen molar-refractivity contribution in [3.05, 3.63) is 66.7 Å². The molecule has 110 valence electrons. The summed E-state index contributed by atoms with van der Waals surface area (Å²) in [6.45, 7) is 3.12. The fraction of sp³-hybridized carbons (Fsp3) is 0.133. The van der Waals surface area contributed by atoms with Crippen molar-refractivity contribution in [3.63, 3.8) is 0 Å². The molecule has 0 aliphatic heterocycles. The first kappa shape index (κ1) is 13.9. The van der Waals surface area contributed by atoms with Crippen LogP contribution in [-0.4, -0.2) is 15.6 Å². The van der Waals surface area contributed by atoms with E-state index in [1.165, 1.54) is 24.3 Å². The molecule has 0 atom stereocenters. The molecular formula is C15H10N2O5. The Morgan fingerprint density at radius 3 is 1.41 bits per heavy atom. The van der Waals surface area contributed by atoms with Crippen molar-refractivity contribution in [1.82, 2.24) is 0 Å². The Balaban J connectivity index is 2.34.